The molecule has 27 heavy (non-hydrogen) atoms. The minimum Gasteiger partial charge on any atom is -0.495 e. The molecule has 0 aliphatic carbocycles. The molecule has 0 aliphatic rings. The first-order valence-electron chi connectivity index (χ1n) is 8.51. The van der Waals surface area contributed by atoms with Gasteiger partial charge in [0, 0.05) is 18.6 Å². The Morgan fingerprint density at radius 3 is 2.93 bits per heavy atom. The van der Waals surface area contributed by atoms with E-state index < -0.39 is 0 Å². The van der Waals surface area contributed by atoms with Crippen molar-refractivity contribution in [2.45, 2.75) is 18.4 Å². The van der Waals surface area contributed by atoms with Crippen LogP contribution in [-0.4, -0.2) is 33.4 Å². The van der Waals surface area contributed by atoms with E-state index in [9.17, 15) is 4.79 Å². The zero-order chi connectivity index (χ0) is 18.8. The molecule has 0 fully saturated rings. The highest BCUT2D eigenvalue weighted by Gasteiger charge is 2.16. The molecule has 0 atom stereocenters. The van der Waals surface area contributed by atoms with Crippen LogP contribution in [0.1, 0.15) is 12.7 Å². The summed E-state index contributed by atoms with van der Waals surface area (Å²) in [6.45, 7) is 2.03. The lowest BCUT2D eigenvalue weighted by Crippen LogP contribution is -2.15. The van der Waals surface area contributed by atoms with Crippen LogP contribution in [-0.2, 0) is 11.2 Å². The van der Waals surface area contributed by atoms with Gasteiger partial charge in [-0.25, -0.2) is 0 Å². The number of furan rings is 1. The predicted octanol–water partition coefficient (Wildman–Crippen LogP) is 3.78. The van der Waals surface area contributed by atoms with Crippen LogP contribution in [0.5, 0.6) is 5.75 Å². The van der Waals surface area contributed by atoms with Crippen molar-refractivity contribution in [1.82, 2.24) is 14.6 Å². The molecule has 4 rings (SSSR count). The molecule has 1 aromatic carbocycles. The number of amides is 1. The lowest BCUT2D eigenvalue weighted by molar-refractivity contribution is -0.113. The van der Waals surface area contributed by atoms with Crippen LogP contribution in [0.2, 0.25) is 0 Å². The molecule has 138 valence electrons. The Bertz CT molecular complexity index is 1120. The number of hydrogen-bond donors (Lipinski definition) is 1. The van der Waals surface area contributed by atoms with Gasteiger partial charge in [-0.05, 0) is 12.1 Å². The van der Waals surface area contributed by atoms with Crippen LogP contribution in [0.4, 0.5) is 5.69 Å². The standard InChI is InChI=1S/C19H18N4O3S/c1-3-17-21-22-19(14-10-16-13(23(14)17)8-9-26-16)27-11-18(24)20-12-6-4-5-7-15(12)25-2/h4-10H,3,11H2,1-2H3,(H,20,24). The van der Waals surface area contributed by atoms with Gasteiger partial charge in [0.25, 0.3) is 0 Å². The fourth-order valence-corrected chi connectivity index (χ4v) is 3.70. The number of benzene rings is 1. The van der Waals surface area contributed by atoms with E-state index in [2.05, 4.69) is 15.5 Å². The molecule has 1 N–H and O–H groups in total. The summed E-state index contributed by atoms with van der Waals surface area (Å²) in [5, 5.41) is 12.2. The number of methoxy groups -OCH3 is 1. The maximum absolute atomic E-state index is 12.4. The first kappa shape index (κ1) is 17.4. The number of rotatable bonds is 6. The first-order valence-corrected chi connectivity index (χ1v) is 9.49. The van der Waals surface area contributed by atoms with Crippen molar-refractivity contribution in [3.8, 4) is 5.75 Å². The lowest BCUT2D eigenvalue weighted by Gasteiger charge is -2.10. The van der Waals surface area contributed by atoms with Gasteiger partial charge in [0.05, 0.1) is 35.8 Å². The molecule has 0 radical (unpaired) electrons. The minimum atomic E-state index is -0.140. The van der Waals surface area contributed by atoms with Crippen LogP contribution < -0.4 is 10.1 Å². The van der Waals surface area contributed by atoms with E-state index in [1.54, 1.807) is 25.5 Å². The van der Waals surface area contributed by atoms with Crippen LogP contribution >= 0.6 is 11.8 Å². The summed E-state index contributed by atoms with van der Waals surface area (Å²) in [7, 11) is 1.57. The highest BCUT2D eigenvalue weighted by molar-refractivity contribution is 8.00. The number of para-hydroxylation sites is 2. The number of carbonyl (C=O) groups is 1. The molecule has 0 unspecified atom stereocenters. The largest absolute Gasteiger partial charge is 0.495 e. The average molecular weight is 382 g/mol. The number of aromatic nitrogens is 3. The van der Waals surface area contributed by atoms with Gasteiger partial charge in [-0.1, -0.05) is 30.8 Å². The van der Waals surface area contributed by atoms with Crippen molar-refractivity contribution in [2.24, 2.45) is 0 Å². The maximum Gasteiger partial charge on any atom is 0.234 e. The molecule has 3 aromatic heterocycles. The Balaban J connectivity index is 1.56. The van der Waals surface area contributed by atoms with Gasteiger partial charge in [0.15, 0.2) is 5.58 Å². The van der Waals surface area contributed by atoms with E-state index in [-0.39, 0.29) is 11.7 Å². The highest BCUT2D eigenvalue weighted by Crippen LogP contribution is 2.29. The van der Waals surface area contributed by atoms with Gasteiger partial charge < -0.3 is 14.5 Å². The molecule has 3 heterocycles. The van der Waals surface area contributed by atoms with Crippen molar-refractivity contribution in [3.63, 3.8) is 0 Å². The Morgan fingerprint density at radius 2 is 2.11 bits per heavy atom. The van der Waals surface area contributed by atoms with Crippen molar-refractivity contribution < 1.29 is 13.9 Å². The molecule has 4 aromatic rings. The Kier molecular flexibility index (Phi) is 4.72. The maximum atomic E-state index is 12.4. The van der Waals surface area contributed by atoms with Gasteiger partial charge in [-0.2, -0.15) is 0 Å². The van der Waals surface area contributed by atoms with Gasteiger partial charge in [-0.3, -0.25) is 9.20 Å². The summed E-state index contributed by atoms with van der Waals surface area (Å²) in [6.07, 6.45) is 2.40. The normalized spacial score (nSPS) is 11.2. The van der Waals surface area contributed by atoms with Crippen LogP contribution in [0.3, 0.4) is 0 Å². The second-order valence-electron chi connectivity index (χ2n) is 5.85. The lowest BCUT2D eigenvalue weighted by atomic mass is 10.3. The minimum absolute atomic E-state index is 0.140. The zero-order valence-corrected chi connectivity index (χ0v) is 15.7. The van der Waals surface area contributed by atoms with E-state index in [1.165, 1.54) is 11.8 Å². The molecule has 0 saturated carbocycles. The van der Waals surface area contributed by atoms with E-state index in [4.69, 9.17) is 9.15 Å². The summed E-state index contributed by atoms with van der Waals surface area (Å²) in [4.78, 5) is 12.4. The molecule has 0 spiro atoms. The number of aryl methyl sites for hydroxylation is 1. The third-order valence-electron chi connectivity index (χ3n) is 4.19. The Hall–Kier alpha value is -3.00. The fourth-order valence-electron chi connectivity index (χ4n) is 2.96. The molecular weight excluding hydrogens is 364 g/mol. The second-order valence-corrected chi connectivity index (χ2v) is 6.81. The molecular formula is C19H18N4O3S. The SMILES string of the molecule is CCc1nnc(SCC(=O)Nc2ccccc2OC)c2cc3occc3n12. The molecule has 0 aliphatic heterocycles. The van der Waals surface area contributed by atoms with E-state index >= 15 is 0 Å². The number of fused-ring (bicyclic) bond motifs is 3. The van der Waals surface area contributed by atoms with Gasteiger partial charge in [0.2, 0.25) is 5.91 Å². The van der Waals surface area contributed by atoms with Crippen LogP contribution in [0.25, 0.3) is 16.6 Å². The summed E-state index contributed by atoms with van der Waals surface area (Å²) < 4.78 is 12.8. The zero-order valence-electron chi connectivity index (χ0n) is 14.9. The smallest absolute Gasteiger partial charge is 0.234 e. The topological polar surface area (TPSA) is 81.7 Å². The number of nitrogens with zero attached hydrogens (tertiary/aromatic N) is 3. The van der Waals surface area contributed by atoms with Gasteiger partial charge in [0.1, 0.15) is 16.6 Å². The average Bonchev–Trinajstić information content (AvgIpc) is 3.28. The number of ether oxygens (including phenoxy) is 1. The molecule has 7 nitrogen and oxygen atoms in total. The van der Waals surface area contributed by atoms with E-state index in [0.717, 1.165) is 28.9 Å². The molecule has 8 heteroatoms. The summed E-state index contributed by atoms with van der Waals surface area (Å²) in [5.41, 5.74) is 3.27. The number of anilines is 1. The van der Waals surface area contributed by atoms with E-state index in [1.807, 2.05) is 35.6 Å². The molecule has 1 amide bonds. The fraction of sp³-hybridized carbons (Fsp3) is 0.211. The number of hydrogen-bond acceptors (Lipinski definition) is 6. The van der Waals surface area contributed by atoms with Crippen molar-refractivity contribution >= 4 is 40.0 Å². The van der Waals surface area contributed by atoms with Gasteiger partial charge in [-0.15, -0.1) is 10.2 Å². The number of nitrogens with one attached hydrogen (secondary N) is 1. The molecule has 0 bridgehead atoms. The number of thioether (sulfide) groups is 1. The van der Waals surface area contributed by atoms with Crippen LogP contribution in [0.15, 0.2) is 52.1 Å². The van der Waals surface area contributed by atoms with Gasteiger partial charge >= 0.3 is 0 Å². The first-order chi connectivity index (χ1) is 13.2. The van der Waals surface area contributed by atoms with E-state index in [0.29, 0.717) is 16.5 Å². The second kappa shape index (κ2) is 7.32. The highest BCUT2D eigenvalue weighted by atomic mass is 32.2. The summed E-state index contributed by atoms with van der Waals surface area (Å²) >= 11 is 1.34. The van der Waals surface area contributed by atoms with Crippen molar-refractivity contribution in [3.05, 3.63) is 48.5 Å². The third kappa shape index (κ3) is 3.23. The molecule has 0 saturated heterocycles. The van der Waals surface area contributed by atoms with Crippen LogP contribution in [0, 0.1) is 0 Å². The quantitative estimate of drug-likeness (QED) is 0.511. The third-order valence-corrected chi connectivity index (χ3v) is 5.16. The number of carbonyl (C=O) groups excluding carboxylic acids is 1. The monoisotopic (exact) mass is 382 g/mol. The van der Waals surface area contributed by atoms with Crippen molar-refractivity contribution in [1.29, 1.82) is 0 Å². The van der Waals surface area contributed by atoms with Crippen molar-refractivity contribution in [2.75, 3.05) is 18.2 Å². The summed E-state index contributed by atoms with van der Waals surface area (Å²) in [5.74, 6) is 1.54. The summed E-state index contributed by atoms with van der Waals surface area (Å²) in [6, 6.07) is 11.1. The Morgan fingerprint density at radius 1 is 1.26 bits per heavy atom. The Labute approximate surface area is 159 Å². The predicted molar refractivity (Wildman–Crippen MR) is 104 cm³/mol.